The van der Waals surface area contributed by atoms with Crippen LogP contribution >= 0.6 is 11.3 Å². The summed E-state index contributed by atoms with van der Waals surface area (Å²) in [4.78, 5) is 28.3. The van der Waals surface area contributed by atoms with E-state index < -0.39 is 17.8 Å². The molecule has 31 heavy (non-hydrogen) atoms. The zero-order valence-corrected chi connectivity index (χ0v) is 17.7. The Morgan fingerprint density at radius 2 is 1.97 bits per heavy atom. The van der Waals surface area contributed by atoms with Crippen molar-refractivity contribution in [2.45, 2.75) is 32.7 Å². The first kappa shape index (κ1) is 19.6. The minimum absolute atomic E-state index is 0.0816. The van der Waals surface area contributed by atoms with E-state index in [9.17, 15) is 14.0 Å². The van der Waals surface area contributed by atoms with Crippen LogP contribution in [0.15, 0.2) is 51.7 Å². The highest BCUT2D eigenvalue weighted by Gasteiger charge is 2.46. The fourth-order valence-corrected chi connectivity index (χ4v) is 4.90. The lowest BCUT2D eigenvalue weighted by molar-refractivity contribution is 0.0970. The van der Waals surface area contributed by atoms with E-state index in [-0.39, 0.29) is 22.3 Å². The average Bonchev–Trinajstić information content (AvgIpc) is 3.32. The van der Waals surface area contributed by atoms with Crippen LogP contribution in [0.25, 0.3) is 11.0 Å². The predicted octanol–water partition coefficient (Wildman–Crippen LogP) is 4.79. The number of rotatable bonds is 4. The monoisotopic (exact) mass is 435 g/mol. The number of aromatic nitrogens is 2. The molecule has 0 saturated heterocycles. The molecule has 0 spiro atoms. The van der Waals surface area contributed by atoms with Crippen molar-refractivity contribution >= 4 is 33.3 Å². The van der Waals surface area contributed by atoms with Gasteiger partial charge in [-0.1, -0.05) is 48.1 Å². The van der Waals surface area contributed by atoms with Gasteiger partial charge in [0.05, 0.1) is 10.9 Å². The number of anilines is 1. The minimum Gasteiger partial charge on any atom is -0.450 e. The molecule has 5 rings (SSSR count). The van der Waals surface area contributed by atoms with Crippen molar-refractivity contribution in [2.24, 2.45) is 0 Å². The first-order chi connectivity index (χ1) is 15.0. The van der Waals surface area contributed by atoms with Gasteiger partial charge in [-0.25, -0.2) is 4.39 Å². The minimum atomic E-state index is -0.979. The molecule has 3 heterocycles. The van der Waals surface area contributed by atoms with E-state index in [4.69, 9.17) is 4.42 Å². The lowest BCUT2D eigenvalue weighted by Gasteiger charge is -2.22. The Labute approximate surface area is 181 Å². The Kier molecular flexibility index (Phi) is 4.66. The van der Waals surface area contributed by atoms with Crippen LogP contribution in [0.2, 0.25) is 0 Å². The normalized spacial score (nSPS) is 15.6. The van der Waals surface area contributed by atoms with Crippen LogP contribution in [0.3, 0.4) is 0 Å². The molecule has 1 atom stereocenters. The third kappa shape index (κ3) is 3.06. The van der Waals surface area contributed by atoms with Crippen molar-refractivity contribution in [1.29, 1.82) is 0 Å². The van der Waals surface area contributed by atoms with Gasteiger partial charge in [0.25, 0.3) is 5.91 Å². The van der Waals surface area contributed by atoms with Gasteiger partial charge in [-0.3, -0.25) is 14.5 Å². The second kappa shape index (κ2) is 7.39. The van der Waals surface area contributed by atoms with Gasteiger partial charge in [0.2, 0.25) is 10.9 Å². The van der Waals surface area contributed by atoms with Crippen LogP contribution in [-0.4, -0.2) is 16.1 Å². The van der Waals surface area contributed by atoms with E-state index in [1.54, 1.807) is 30.3 Å². The van der Waals surface area contributed by atoms with E-state index in [0.717, 1.165) is 23.4 Å². The summed E-state index contributed by atoms with van der Waals surface area (Å²) in [7, 11) is 0. The number of halogens is 1. The standard InChI is InChI=1S/C23H18FN3O3S/c1-3-6-17-25-26-23(31-17)27-19(13-7-4-5-8-15(13)24)18-20(28)14-11-12(2)9-10-16(14)30-21(18)22(27)29/h4-5,7-11,19H,3,6H2,1-2H3. The maximum Gasteiger partial charge on any atom is 0.297 e. The highest BCUT2D eigenvalue weighted by molar-refractivity contribution is 7.15. The number of aryl methyl sites for hydroxylation is 2. The fraction of sp³-hybridized carbons (Fsp3) is 0.217. The van der Waals surface area contributed by atoms with Crippen LogP contribution in [0.4, 0.5) is 9.52 Å². The van der Waals surface area contributed by atoms with E-state index in [0.29, 0.717) is 16.1 Å². The molecule has 2 aromatic carbocycles. The summed E-state index contributed by atoms with van der Waals surface area (Å²) in [5, 5.41) is 9.78. The molecule has 8 heteroatoms. The van der Waals surface area contributed by atoms with Crippen LogP contribution < -0.4 is 10.3 Å². The van der Waals surface area contributed by atoms with Crippen molar-refractivity contribution in [3.8, 4) is 0 Å². The highest BCUT2D eigenvalue weighted by atomic mass is 32.1. The van der Waals surface area contributed by atoms with Crippen LogP contribution in [0, 0.1) is 12.7 Å². The fourth-order valence-electron chi connectivity index (χ4n) is 3.93. The molecule has 0 N–H and O–H groups in total. The molecule has 156 valence electrons. The molecule has 0 radical (unpaired) electrons. The molecular weight excluding hydrogens is 417 g/mol. The van der Waals surface area contributed by atoms with E-state index in [1.807, 2.05) is 19.9 Å². The molecule has 6 nitrogen and oxygen atoms in total. The smallest absolute Gasteiger partial charge is 0.297 e. The van der Waals surface area contributed by atoms with Crippen LogP contribution in [0.5, 0.6) is 0 Å². The molecular formula is C23H18FN3O3S. The molecule has 0 bridgehead atoms. The van der Waals surface area contributed by atoms with Gasteiger partial charge < -0.3 is 4.42 Å². The molecule has 2 aromatic heterocycles. The van der Waals surface area contributed by atoms with Crippen molar-refractivity contribution in [3.63, 3.8) is 0 Å². The molecule has 0 fully saturated rings. The number of benzene rings is 2. The SMILES string of the molecule is CCCc1nnc(N2C(=O)c3oc4ccc(C)cc4c(=O)c3C2c2ccccc2F)s1. The van der Waals surface area contributed by atoms with Gasteiger partial charge in [0, 0.05) is 12.0 Å². The molecule has 4 aromatic rings. The first-order valence-corrected chi connectivity index (χ1v) is 10.8. The molecule has 1 aliphatic heterocycles. The molecule has 0 saturated carbocycles. The molecule has 1 amide bonds. The Morgan fingerprint density at radius 3 is 2.74 bits per heavy atom. The van der Waals surface area contributed by atoms with Crippen molar-refractivity contribution in [3.05, 3.63) is 86.0 Å². The third-order valence-electron chi connectivity index (χ3n) is 5.35. The number of hydrogen-bond donors (Lipinski definition) is 0. The van der Waals surface area contributed by atoms with Gasteiger partial charge in [0.15, 0.2) is 5.43 Å². The lowest BCUT2D eigenvalue weighted by Crippen LogP contribution is -2.30. The molecule has 0 aliphatic carbocycles. The van der Waals surface area contributed by atoms with E-state index >= 15 is 0 Å². The van der Waals surface area contributed by atoms with Gasteiger partial charge in [-0.15, -0.1) is 10.2 Å². The van der Waals surface area contributed by atoms with Crippen molar-refractivity contribution < 1.29 is 13.6 Å². The number of carbonyl (C=O) groups excluding carboxylic acids is 1. The Morgan fingerprint density at radius 1 is 1.16 bits per heavy atom. The number of nitrogens with zero attached hydrogens (tertiary/aromatic N) is 3. The summed E-state index contributed by atoms with van der Waals surface area (Å²) in [6, 6.07) is 10.3. The lowest BCUT2D eigenvalue weighted by atomic mass is 9.98. The van der Waals surface area contributed by atoms with E-state index in [2.05, 4.69) is 10.2 Å². The Hall–Kier alpha value is -3.39. The summed E-state index contributed by atoms with van der Waals surface area (Å²) < 4.78 is 20.8. The largest absolute Gasteiger partial charge is 0.450 e. The average molecular weight is 435 g/mol. The molecule has 1 unspecified atom stereocenters. The number of carbonyl (C=O) groups is 1. The quantitative estimate of drug-likeness (QED) is 0.460. The zero-order chi connectivity index (χ0) is 21.7. The second-order valence-corrected chi connectivity index (χ2v) is 8.54. The van der Waals surface area contributed by atoms with Gasteiger partial charge in [0.1, 0.15) is 22.4 Å². The van der Waals surface area contributed by atoms with Crippen molar-refractivity contribution in [2.75, 3.05) is 4.90 Å². The predicted molar refractivity (Wildman–Crippen MR) is 116 cm³/mol. The van der Waals surface area contributed by atoms with Gasteiger partial charge in [-0.05, 0) is 31.5 Å². The summed E-state index contributed by atoms with van der Waals surface area (Å²) >= 11 is 1.26. The highest BCUT2D eigenvalue weighted by Crippen LogP contribution is 2.42. The zero-order valence-electron chi connectivity index (χ0n) is 16.9. The molecule has 1 aliphatic rings. The van der Waals surface area contributed by atoms with Crippen molar-refractivity contribution in [1.82, 2.24) is 10.2 Å². The number of fused-ring (bicyclic) bond motifs is 2. The maximum atomic E-state index is 14.9. The summed E-state index contributed by atoms with van der Waals surface area (Å²) in [5.41, 5.74) is 1.20. The number of hydrogen-bond acceptors (Lipinski definition) is 6. The first-order valence-electron chi connectivity index (χ1n) is 9.97. The summed E-state index contributed by atoms with van der Waals surface area (Å²) in [6.07, 6.45) is 1.60. The third-order valence-corrected chi connectivity index (χ3v) is 6.33. The summed E-state index contributed by atoms with van der Waals surface area (Å²) in [5.74, 6) is -1.12. The van der Waals surface area contributed by atoms with E-state index in [1.165, 1.54) is 22.3 Å². The van der Waals surface area contributed by atoms with Crippen LogP contribution in [0.1, 0.15) is 51.6 Å². The van der Waals surface area contributed by atoms with Gasteiger partial charge >= 0.3 is 0 Å². The Balaban J connectivity index is 1.79. The number of amides is 1. The van der Waals surface area contributed by atoms with Gasteiger partial charge in [-0.2, -0.15) is 0 Å². The summed E-state index contributed by atoms with van der Waals surface area (Å²) in [6.45, 7) is 3.89. The maximum absolute atomic E-state index is 14.9. The second-order valence-electron chi connectivity index (χ2n) is 7.50. The van der Waals surface area contributed by atoms with Crippen LogP contribution in [-0.2, 0) is 6.42 Å². The topological polar surface area (TPSA) is 76.3 Å². The Bertz CT molecular complexity index is 1390.